The van der Waals surface area contributed by atoms with Gasteiger partial charge in [0, 0.05) is 31.7 Å². The smallest absolute Gasteiger partial charge is 0.255 e. The molecule has 0 aliphatic rings. The van der Waals surface area contributed by atoms with E-state index in [2.05, 4.69) is 15.4 Å². The summed E-state index contributed by atoms with van der Waals surface area (Å²) < 4.78 is 7.44. The van der Waals surface area contributed by atoms with Crippen molar-refractivity contribution >= 4 is 5.91 Å². The molecule has 7 nitrogen and oxygen atoms in total. The van der Waals surface area contributed by atoms with Gasteiger partial charge in [-0.3, -0.25) is 4.79 Å². The summed E-state index contributed by atoms with van der Waals surface area (Å²) in [4.78, 5) is 18.9. The minimum Gasteiger partial charge on any atom is -0.491 e. The maximum absolute atomic E-state index is 12.6. The minimum absolute atomic E-state index is 0.173. The Morgan fingerprint density at radius 1 is 1.19 bits per heavy atom. The second-order valence-electron chi connectivity index (χ2n) is 6.30. The first-order valence-corrected chi connectivity index (χ1v) is 8.73. The minimum atomic E-state index is -0.173. The molecule has 0 saturated carbocycles. The van der Waals surface area contributed by atoms with Gasteiger partial charge < -0.3 is 15.0 Å². The van der Waals surface area contributed by atoms with E-state index < -0.39 is 0 Å². The molecular formula is C20H23N5O2. The first-order chi connectivity index (χ1) is 13.1. The average Bonchev–Trinajstić information content (AvgIpc) is 3.21. The first kappa shape index (κ1) is 18.6. The van der Waals surface area contributed by atoms with Crippen molar-refractivity contribution in [3.63, 3.8) is 0 Å². The molecule has 1 aromatic carbocycles. The van der Waals surface area contributed by atoms with Gasteiger partial charge >= 0.3 is 0 Å². The number of benzene rings is 1. The highest BCUT2D eigenvalue weighted by Gasteiger charge is 2.12. The van der Waals surface area contributed by atoms with Crippen LogP contribution in [0.5, 0.6) is 5.75 Å². The van der Waals surface area contributed by atoms with Crippen molar-refractivity contribution in [2.45, 2.75) is 6.54 Å². The molecule has 0 aliphatic carbocycles. The number of rotatable bonds is 8. The van der Waals surface area contributed by atoms with E-state index in [-0.39, 0.29) is 5.91 Å². The van der Waals surface area contributed by atoms with Crippen molar-refractivity contribution in [2.24, 2.45) is 0 Å². The molecule has 2 aromatic heterocycles. The first-order valence-electron chi connectivity index (χ1n) is 8.73. The number of likely N-dealkylation sites (N-methyl/N-ethyl adjacent to an activating group) is 1. The summed E-state index contributed by atoms with van der Waals surface area (Å²) in [7, 11) is 3.96. The molecule has 0 radical (unpaired) electrons. The molecule has 2 heterocycles. The number of hydrogen-bond acceptors (Lipinski definition) is 5. The van der Waals surface area contributed by atoms with Crippen molar-refractivity contribution in [1.29, 1.82) is 0 Å². The molecule has 0 bridgehead atoms. The fourth-order valence-corrected chi connectivity index (χ4v) is 2.50. The van der Waals surface area contributed by atoms with Gasteiger partial charge in [-0.15, -0.1) is 0 Å². The summed E-state index contributed by atoms with van der Waals surface area (Å²) in [5.74, 6) is 1.12. The second-order valence-corrected chi connectivity index (χ2v) is 6.30. The molecule has 3 aromatic rings. The largest absolute Gasteiger partial charge is 0.491 e. The lowest BCUT2D eigenvalue weighted by Crippen LogP contribution is -2.24. The monoisotopic (exact) mass is 365 g/mol. The highest BCUT2D eigenvalue weighted by molar-refractivity contribution is 5.96. The Balaban J connectivity index is 1.64. The van der Waals surface area contributed by atoms with Crippen LogP contribution in [0.15, 0.2) is 61.1 Å². The number of nitrogens with one attached hydrogen (secondary N) is 1. The fourth-order valence-electron chi connectivity index (χ4n) is 2.50. The van der Waals surface area contributed by atoms with Crippen LogP contribution in [-0.4, -0.2) is 52.8 Å². The molecule has 0 unspecified atom stereocenters. The van der Waals surface area contributed by atoms with E-state index in [1.807, 2.05) is 61.6 Å². The Kier molecular flexibility index (Phi) is 6.17. The summed E-state index contributed by atoms with van der Waals surface area (Å²) >= 11 is 0. The third kappa shape index (κ3) is 5.15. The average molecular weight is 365 g/mol. The van der Waals surface area contributed by atoms with Gasteiger partial charge in [0.25, 0.3) is 5.91 Å². The number of nitrogens with zero attached hydrogens (tertiary/aromatic N) is 4. The molecule has 1 amide bonds. The fraction of sp³-hybridized carbons (Fsp3) is 0.250. The van der Waals surface area contributed by atoms with E-state index in [1.165, 1.54) is 0 Å². The highest BCUT2D eigenvalue weighted by atomic mass is 16.5. The number of aromatic nitrogens is 3. The molecule has 0 fully saturated rings. The third-order valence-corrected chi connectivity index (χ3v) is 3.93. The van der Waals surface area contributed by atoms with Crippen molar-refractivity contribution < 1.29 is 9.53 Å². The van der Waals surface area contributed by atoms with E-state index in [0.29, 0.717) is 30.3 Å². The lowest BCUT2D eigenvalue weighted by Gasteiger charge is -2.14. The van der Waals surface area contributed by atoms with Crippen LogP contribution in [0.1, 0.15) is 15.9 Å². The number of ether oxygens (including phenoxy) is 1. The Morgan fingerprint density at radius 2 is 2.04 bits per heavy atom. The summed E-state index contributed by atoms with van der Waals surface area (Å²) in [6.07, 6.45) is 5.23. The Hall–Kier alpha value is -3.19. The van der Waals surface area contributed by atoms with E-state index in [1.54, 1.807) is 23.1 Å². The standard InChI is InChI=1S/C20H23N5O2/c1-24(2)12-13-27-18-7-4-3-6-17(18)20(26)22-15-16-8-10-21-19(14-16)25-11-5-9-23-25/h3-11,14H,12-13,15H2,1-2H3,(H,22,26). The van der Waals surface area contributed by atoms with Gasteiger partial charge in [-0.05, 0) is 50.0 Å². The van der Waals surface area contributed by atoms with Gasteiger partial charge in [-0.25, -0.2) is 9.67 Å². The Morgan fingerprint density at radius 3 is 2.81 bits per heavy atom. The van der Waals surface area contributed by atoms with Crippen molar-refractivity contribution in [1.82, 2.24) is 25.0 Å². The number of para-hydroxylation sites is 1. The van der Waals surface area contributed by atoms with Crippen molar-refractivity contribution in [3.05, 3.63) is 72.2 Å². The molecule has 7 heteroatoms. The predicted octanol–water partition coefficient (Wildman–Crippen LogP) is 2.14. The second kappa shape index (κ2) is 8.95. The number of carbonyl (C=O) groups is 1. The highest BCUT2D eigenvalue weighted by Crippen LogP contribution is 2.18. The molecule has 3 rings (SSSR count). The molecule has 0 spiro atoms. The zero-order valence-corrected chi connectivity index (χ0v) is 15.5. The molecule has 0 aliphatic heterocycles. The van der Waals surface area contributed by atoms with Gasteiger partial charge in [0.05, 0.1) is 5.56 Å². The number of pyridine rings is 1. The summed E-state index contributed by atoms with van der Waals surface area (Å²) in [5.41, 5.74) is 1.47. The SMILES string of the molecule is CN(C)CCOc1ccccc1C(=O)NCc1ccnc(-n2cccn2)c1. The number of hydrogen-bond donors (Lipinski definition) is 1. The van der Waals surface area contributed by atoms with Crippen LogP contribution < -0.4 is 10.1 Å². The topological polar surface area (TPSA) is 72.3 Å². The van der Waals surface area contributed by atoms with E-state index in [0.717, 1.165) is 12.1 Å². The maximum atomic E-state index is 12.6. The third-order valence-electron chi connectivity index (χ3n) is 3.93. The summed E-state index contributed by atoms with van der Waals surface area (Å²) in [5, 5.41) is 7.11. The molecular weight excluding hydrogens is 342 g/mol. The van der Waals surface area contributed by atoms with Gasteiger partial charge in [-0.1, -0.05) is 12.1 Å². The van der Waals surface area contributed by atoms with Crippen LogP contribution in [0.25, 0.3) is 5.82 Å². The van der Waals surface area contributed by atoms with Crippen LogP contribution in [-0.2, 0) is 6.54 Å². The van der Waals surface area contributed by atoms with Gasteiger partial charge in [-0.2, -0.15) is 5.10 Å². The van der Waals surface area contributed by atoms with E-state index >= 15 is 0 Å². The molecule has 0 saturated heterocycles. The molecule has 1 N–H and O–H groups in total. The lowest BCUT2D eigenvalue weighted by atomic mass is 10.1. The Labute approximate surface area is 158 Å². The predicted molar refractivity (Wildman–Crippen MR) is 103 cm³/mol. The van der Waals surface area contributed by atoms with Crippen LogP contribution in [0.3, 0.4) is 0 Å². The Bertz CT molecular complexity index is 878. The van der Waals surface area contributed by atoms with E-state index in [9.17, 15) is 4.79 Å². The van der Waals surface area contributed by atoms with Crippen LogP contribution in [0.2, 0.25) is 0 Å². The number of amides is 1. The number of carbonyl (C=O) groups excluding carboxylic acids is 1. The van der Waals surface area contributed by atoms with Crippen LogP contribution >= 0.6 is 0 Å². The zero-order chi connectivity index (χ0) is 19.1. The van der Waals surface area contributed by atoms with E-state index in [4.69, 9.17) is 4.74 Å². The van der Waals surface area contributed by atoms with Crippen LogP contribution in [0.4, 0.5) is 0 Å². The summed E-state index contributed by atoms with van der Waals surface area (Å²) in [6, 6.07) is 12.9. The molecule has 27 heavy (non-hydrogen) atoms. The van der Waals surface area contributed by atoms with Crippen molar-refractivity contribution in [2.75, 3.05) is 27.2 Å². The quantitative estimate of drug-likeness (QED) is 0.662. The van der Waals surface area contributed by atoms with Crippen molar-refractivity contribution in [3.8, 4) is 11.6 Å². The van der Waals surface area contributed by atoms with Gasteiger partial charge in [0.15, 0.2) is 5.82 Å². The van der Waals surface area contributed by atoms with Gasteiger partial charge in [0.2, 0.25) is 0 Å². The molecule has 0 atom stereocenters. The zero-order valence-electron chi connectivity index (χ0n) is 15.5. The van der Waals surface area contributed by atoms with Crippen LogP contribution in [0, 0.1) is 0 Å². The lowest BCUT2D eigenvalue weighted by molar-refractivity contribution is 0.0946. The van der Waals surface area contributed by atoms with Gasteiger partial charge in [0.1, 0.15) is 12.4 Å². The molecule has 140 valence electrons. The maximum Gasteiger partial charge on any atom is 0.255 e. The normalized spacial score (nSPS) is 10.8. The summed E-state index contributed by atoms with van der Waals surface area (Å²) in [6.45, 7) is 1.69.